The fourth-order valence-electron chi connectivity index (χ4n) is 5.17. The number of nitrogens with zero attached hydrogens (tertiary/aromatic N) is 2. The number of nitriles is 2. The maximum atomic E-state index is 9.97. The molecule has 0 aromatic heterocycles. The zero-order chi connectivity index (χ0) is 23.1. The lowest BCUT2D eigenvalue weighted by Crippen LogP contribution is -2.52. The molecule has 1 aliphatic rings. The molecule has 0 saturated heterocycles. The fraction of sp³-hybridized carbons (Fsp3) is 0.500. The van der Waals surface area contributed by atoms with E-state index in [-0.39, 0.29) is 18.0 Å². The second-order valence-corrected chi connectivity index (χ2v) is 11.1. The van der Waals surface area contributed by atoms with Crippen molar-refractivity contribution in [1.29, 1.82) is 10.5 Å². The summed E-state index contributed by atoms with van der Waals surface area (Å²) in [5.74, 6) is 0.745. The van der Waals surface area contributed by atoms with E-state index in [2.05, 4.69) is 91.1 Å². The minimum absolute atomic E-state index is 0.154. The normalized spacial score (nSPS) is 17.7. The van der Waals surface area contributed by atoms with Gasteiger partial charge in [0.25, 0.3) is 0 Å². The van der Waals surface area contributed by atoms with E-state index < -0.39 is 5.41 Å². The lowest BCUT2D eigenvalue weighted by Gasteiger charge is -2.41. The van der Waals surface area contributed by atoms with Crippen LogP contribution in [0.3, 0.4) is 0 Å². The summed E-state index contributed by atoms with van der Waals surface area (Å²) >= 11 is 2.34. The summed E-state index contributed by atoms with van der Waals surface area (Å²) in [6.07, 6.45) is 7.11. The minimum atomic E-state index is -0.432. The molecule has 32 heavy (non-hydrogen) atoms. The Balaban J connectivity index is 1.91. The molecule has 1 saturated carbocycles. The highest BCUT2D eigenvalue weighted by molar-refractivity contribution is 14.1. The molecule has 3 rings (SSSR count). The van der Waals surface area contributed by atoms with Crippen LogP contribution in [-0.2, 0) is 6.42 Å². The van der Waals surface area contributed by atoms with E-state index in [0.29, 0.717) is 11.5 Å². The van der Waals surface area contributed by atoms with Crippen LogP contribution in [0.5, 0.6) is 0 Å². The van der Waals surface area contributed by atoms with Gasteiger partial charge in [-0.05, 0) is 104 Å². The fourth-order valence-corrected chi connectivity index (χ4v) is 5.53. The zero-order valence-electron chi connectivity index (χ0n) is 19.4. The van der Waals surface area contributed by atoms with Gasteiger partial charge in [0, 0.05) is 21.6 Å². The molecular weight excluding hydrogens is 505 g/mol. The molecule has 4 heteroatoms. The summed E-state index contributed by atoms with van der Waals surface area (Å²) in [4.78, 5) is 0. The molecule has 3 atom stereocenters. The SMILES string of the molecule is C[C@H](NC(C1CCCCC1)C(C)(C)C#N)[C@@H](Cc1ccc(I)cc1)c1cccc(C#N)c1. The van der Waals surface area contributed by atoms with Gasteiger partial charge in [-0.2, -0.15) is 10.5 Å². The molecule has 1 unspecified atom stereocenters. The van der Waals surface area contributed by atoms with Gasteiger partial charge < -0.3 is 5.32 Å². The molecule has 2 aromatic carbocycles. The van der Waals surface area contributed by atoms with Crippen molar-refractivity contribution in [2.45, 2.75) is 77.3 Å². The Morgan fingerprint density at radius 3 is 2.38 bits per heavy atom. The molecule has 168 valence electrons. The first kappa shape index (κ1) is 24.7. The Morgan fingerprint density at radius 2 is 1.75 bits per heavy atom. The summed E-state index contributed by atoms with van der Waals surface area (Å²) in [5, 5.41) is 23.4. The van der Waals surface area contributed by atoms with Gasteiger partial charge in [0.15, 0.2) is 0 Å². The number of rotatable bonds is 8. The summed E-state index contributed by atoms with van der Waals surface area (Å²) in [7, 11) is 0. The summed E-state index contributed by atoms with van der Waals surface area (Å²) < 4.78 is 1.23. The Labute approximate surface area is 207 Å². The van der Waals surface area contributed by atoms with Crippen molar-refractivity contribution >= 4 is 22.6 Å². The molecule has 0 radical (unpaired) electrons. The van der Waals surface area contributed by atoms with E-state index in [0.717, 1.165) is 6.42 Å². The molecule has 0 aliphatic heterocycles. The Hall–Kier alpha value is -1.89. The van der Waals surface area contributed by atoms with Gasteiger partial charge in [0.05, 0.1) is 23.1 Å². The van der Waals surface area contributed by atoms with Crippen molar-refractivity contribution in [1.82, 2.24) is 5.32 Å². The van der Waals surface area contributed by atoms with Crippen molar-refractivity contribution in [3.8, 4) is 12.1 Å². The van der Waals surface area contributed by atoms with E-state index in [4.69, 9.17) is 0 Å². The Morgan fingerprint density at radius 1 is 1.06 bits per heavy atom. The monoisotopic (exact) mass is 539 g/mol. The average molecular weight is 540 g/mol. The molecule has 2 aromatic rings. The molecule has 1 fully saturated rings. The molecule has 0 amide bonds. The Bertz CT molecular complexity index is 961. The Kier molecular flexibility index (Phi) is 8.74. The zero-order valence-corrected chi connectivity index (χ0v) is 21.6. The van der Waals surface area contributed by atoms with Gasteiger partial charge >= 0.3 is 0 Å². The number of hydrogen-bond donors (Lipinski definition) is 1. The highest BCUT2D eigenvalue weighted by Gasteiger charge is 2.38. The number of hydrogen-bond acceptors (Lipinski definition) is 3. The van der Waals surface area contributed by atoms with Crippen molar-refractivity contribution in [3.05, 3.63) is 68.8 Å². The molecule has 0 spiro atoms. The van der Waals surface area contributed by atoms with Crippen molar-refractivity contribution in [2.24, 2.45) is 11.3 Å². The molecular formula is C28H34IN3. The standard InChI is InChI=1S/C28H34IN3/c1-20(32-27(28(2,3)19-31)23-9-5-4-6-10-23)26(17-21-12-14-25(29)15-13-21)24-11-7-8-22(16-24)18-30/h7-8,11-16,20,23,26-27,32H,4-6,9-10,17H2,1-3H3/t20-,26+,27?/m0/s1. The third-order valence-corrected chi connectivity index (χ3v) is 7.76. The van der Waals surface area contributed by atoms with Gasteiger partial charge in [-0.1, -0.05) is 43.5 Å². The molecule has 3 nitrogen and oxygen atoms in total. The second kappa shape index (κ2) is 11.3. The van der Waals surface area contributed by atoms with Gasteiger partial charge in [0.2, 0.25) is 0 Å². The maximum Gasteiger partial charge on any atom is 0.0991 e. The lowest BCUT2D eigenvalue weighted by molar-refractivity contribution is 0.165. The third-order valence-electron chi connectivity index (χ3n) is 7.05. The lowest BCUT2D eigenvalue weighted by atomic mass is 9.72. The highest BCUT2D eigenvalue weighted by Crippen LogP contribution is 2.36. The topological polar surface area (TPSA) is 59.6 Å². The predicted molar refractivity (Wildman–Crippen MR) is 139 cm³/mol. The predicted octanol–water partition coefficient (Wildman–Crippen LogP) is 6.97. The first-order valence-electron chi connectivity index (χ1n) is 11.8. The number of nitrogens with one attached hydrogen (secondary N) is 1. The van der Waals surface area contributed by atoms with Gasteiger partial charge in [0.1, 0.15) is 0 Å². The maximum absolute atomic E-state index is 9.97. The number of halogens is 1. The first-order chi connectivity index (χ1) is 15.3. The van der Waals surface area contributed by atoms with E-state index >= 15 is 0 Å². The van der Waals surface area contributed by atoms with Crippen LogP contribution in [0.4, 0.5) is 0 Å². The minimum Gasteiger partial charge on any atom is -0.309 e. The van der Waals surface area contributed by atoms with E-state index in [1.54, 1.807) is 0 Å². The second-order valence-electron chi connectivity index (χ2n) is 9.84. The van der Waals surface area contributed by atoms with Crippen LogP contribution in [0.25, 0.3) is 0 Å². The van der Waals surface area contributed by atoms with Crippen LogP contribution < -0.4 is 5.32 Å². The van der Waals surface area contributed by atoms with Crippen LogP contribution in [0.15, 0.2) is 48.5 Å². The van der Waals surface area contributed by atoms with E-state index in [1.807, 2.05) is 18.2 Å². The van der Waals surface area contributed by atoms with Crippen LogP contribution in [0.1, 0.15) is 75.5 Å². The van der Waals surface area contributed by atoms with Crippen LogP contribution in [0, 0.1) is 37.6 Å². The van der Waals surface area contributed by atoms with Crippen LogP contribution in [-0.4, -0.2) is 12.1 Å². The summed E-state index contributed by atoms with van der Waals surface area (Å²) in [5.41, 5.74) is 2.74. The van der Waals surface area contributed by atoms with Crippen molar-refractivity contribution < 1.29 is 0 Å². The highest BCUT2D eigenvalue weighted by atomic mass is 127. The summed E-state index contributed by atoms with van der Waals surface area (Å²) in [6.45, 7) is 6.41. The summed E-state index contributed by atoms with van der Waals surface area (Å²) in [6, 6.07) is 21.9. The van der Waals surface area contributed by atoms with Gasteiger partial charge in [-0.25, -0.2) is 0 Å². The molecule has 1 N–H and O–H groups in total. The van der Waals surface area contributed by atoms with Crippen molar-refractivity contribution in [3.63, 3.8) is 0 Å². The largest absolute Gasteiger partial charge is 0.309 e. The van der Waals surface area contributed by atoms with E-state index in [1.165, 1.54) is 46.8 Å². The third kappa shape index (κ3) is 6.33. The quantitative estimate of drug-likeness (QED) is 0.369. The van der Waals surface area contributed by atoms with Crippen LogP contribution >= 0.6 is 22.6 Å². The van der Waals surface area contributed by atoms with Gasteiger partial charge in [-0.3, -0.25) is 0 Å². The molecule has 0 heterocycles. The van der Waals surface area contributed by atoms with Crippen molar-refractivity contribution in [2.75, 3.05) is 0 Å². The number of benzene rings is 2. The van der Waals surface area contributed by atoms with Crippen LogP contribution in [0.2, 0.25) is 0 Å². The molecule has 1 aliphatic carbocycles. The smallest absolute Gasteiger partial charge is 0.0991 e. The van der Waals surface area contributed by atoms with E-state index in [9.17, 15) is 10.5 Å². The first-order valence-corrected chi connectivity index (χ1v) is 12.8. The molecule has 0 bridgehead atoms. The van der Waals surface area contributed by atoms with Gasteiger partial charge in [-0.15, -0.1) is 0 Å². The average Bonchev–Trinajstić information content (AvgIpc) is 2.82.